The second kappa shape index (κ2) is 8.09. The summed E-state index contributed by atoms with van der Waals surface area (Å²) < 4.78 is 0. The molecule has 0 saturated heterocycles. The number of rotatable bonds is 6. The normalized spacial score (nSPS) is 11.7. The van der Waals surface area contributed by atoms with E-state index in [1.54, 1.807) is 13.1 Å². The van der Waals surface area contributed by atoms with E-state index in [0.717, 1.165) is 12.8 Å². The quantitative estimate of drug-likeness (QED) is 0.475. The van der Waals surface area contributed by atoms with Gasteiger partial charge < -0.3 is 0 Å². The number of aromatic amines is 1. The van der Waals surface area contributed by atoms with Crippen LogP contribution in [0, 0.1) is 6.92 Å². The van der Waals surface area contributed by atoms with Gasteiger partial charge in [0.25, 0.3) is 5.56 Å². The van der Waals surface area contributed by atoms with Crippen LogP contribution in [-0.4, -0.2) is 16.2 Å². The van der Waals surface area contributed by atoms with Crippen molar-refractivity contribution < 1.29 is 0 Å². The first-order chi connectivity index (χ1) is 9.47. The number of aromatic nitrogens is 2. The third-order valence-electron chi connectivity index (χ3n) is 2.57. The minimum absolute atomic E-state index is 0.191. The van der Waals surface area contributed by atoms with Gasteiger partial charge in [0, 0.05) is 18.0 Å². The minimum atomic E-state index is -0.191. The molecule has 0 radical (unpaired) electrons. The Hall–Kier alpha value is -2.17. The molecule has 0 aromatic carbocycles. The fourth-order valence-corrected chi connectivity index (χ4v) is 1.57. The molecule has 5 heteroatoms. The second-order valence-corrected chi connectivity index (χ2v) is 4.96. The van der Waals surface area contributed by atoms with Crippen molar-refractivity contribution in [1.82, 2.24) is 9.97 Å². The molecule has 0 atom stereocenters. The molecule has 0 unspecified atom stereocenters. The monoisotopic (exact) mass is 274 g/mol. The van der Waals surface area contributed by atoms with Crippen molar-refractivity contribution in [2.75, 3.05) is 5.43 Å². The predicted octanol–water partition coefficient (Wildman–Crippen LogP) is 3.17. The lowest BCUT2D eigenvalue weighted by atomic mass is 10.1. The summed E-state index contributed by atoms with van der Waals surface area (Å²) in [5.41, 5.74) is 5.75. The molecule has 0 aliphatic rings. The van der Waals surface area contributed by atoms with Crippen LogP contribution in [0.25, 0.3) is 0 Å². The summed E-state index contributed by atoms with van der Waals surface area (Å²) in [5.74, 6) is 0.349. The first-order valence-electron chi connectivity index (χ1n) is 6.63. The van der Waals surface area contributed by atoms with E-state index in [-0.39, 0.29) is 5.56 Å². The van der Waals surface area contributed by atoms with E-state index in [9.17, 15) is 4.79 Å². The fraction of sp³-hybridized carbons (Fsp3) is 0.400. The average molecular weight is 274 g/mol. The predicted molar refractivity (Wildman–Crippen MR) is 84.1 cm³/mol. The number of hydrogen-bond donors (Lipinski definition) is 2. The SMILES string of the molecule is CC(C)=CCC/C(C)=C/C=N/Nc1nc(C)cc(=O)[nH]1. The summed E-state index contributed by atoms with van der Waals surface area (Å²) in [6.07, 6.45) is 7.88. The third-order valence-corrected chi connectivity index (χ3v) is 2.57. The van der Waals surface area contributed by atoms with E-state index >= 15 is 0 Å². The summed E-state index contributed by atoms with van der Waals surface area (Å²) in [4.78, 5) is 17.9. The lowest BCUT2D eigenvalue weighted by Crippen LogP contribution is -2.10. The first-order valence-corrected chi connectivity index (χ1v) is 6.63. The molecule has 0 saturated carbocycles. The largest absolute Gasteiger partial charge is 0.291 e. The summed E-state index contributed by atoms with van der Waals surface area (Å²) >= 11 is 0. The molecule has 0 aliphatic heterocycles. The molecule has 1 rings (SSSR count). The van der Waals surface area contributed by atoms with Gasteiger partial charge in [-0.25, -0.2) is 10.4 Å². The van der Waals surface area contributed by atoms with E-state index in [1.165, 1.54) is 17.2 Å². The minimum Gasteiger partial charge on any atom is -0.291 e. The molecule has 108 valence electrons. The van der Waals surface area contributed by atoms with Gasteiger partial charge in [0.2, 0.25) is 5.95 Å². The highest BCUT2D eigenvalue weighted by Gasteiger charge is 1.94. The van der Waals surface area contributed by atoms with Gasteiger partial charge in [-0.15, -0.1) is 0 Å². The number of H-pyrrole nitrogens is 1. The average Bonchev–Trinajstić information content (AvgIpc) is 2.33. The Balaban J connectivity index is 2.48. The topological polar surface area (TPSA) is 70.1 Å². The first kappa shape index (κ1) is 15.9. The van der Waals surface area contributed by atoms with E-state index in [1.807, 2.05) is 6.08 Å². The van der Waals surface area contributed by atoms with Crippen LogP contribution in [0.2, 0.25) is 0 Å². The third kappa shape index (κ3) is 6.68. The molecule has 0 aliphatic carbocycles. The van der Waals surface area contributed by atoms with Crippen LogP contribution in [0.3, 0.4) is 0 Å². The smallest absolute Gasteiger partial charge is 0.252 e. The number of hydrazone groups is 1. The number of nitrogens with zero attached hydrogens (tertiary/aromatic N) is 2. The van der Waals surface area contributed by atoms with Crippen molar-refractivity contribution in [1.29, 1.82) is 0 Å². The molecule has 0 bridgehead atoms. The van der Waals surface area contributed by atoms with Crippen molar-refractivity contribution in [2.24, 2.45) is 5.10 Å². The Morgan fingerprint density at radius 1 is 1.45 bits per heavy atom. The van der Waals surface area contributed by atoms with Crippen LogP contribution in [0.4, 0.5) is 5.95 Å². The lowest BCUT2D eigenvalue weighted by molar-refractivity contribution is 0.969. The van der Waals surface area contributed by atoms with Gasteiger partial charge in [-0.3, -0.25) is 9.78 Å². The molecule has 2 N–H and O–H groups in total. The van der Waals surface area contributed by atoms with Gasteiger partial charge in [0.15, 0.2) is 0 Å². The van der Waals surface area contributed by atoms with Gasteiger partial charge in [0.1, 0.15) is 0 Å². The van der Waals surface area contributed by atoms with E-state index < -0.39 is 0 Å². The zero-order valence-corrected chi connectivity index (χ0v) is 12.5. The number of anilines is 1. The summed E-state index contributed by atoms with van der Waals surface area (Å²) in [7, 11) is 0. The standard InChI is InChI=1S/C15H22N4O/c1-11(2)6-5-7-12(3)8-9-16-19-15-17-13(4)10-14(20)18-15/h6,8-10H,5,7H2,1-4H3,(H2,17,18,19,20)/b12-8+,16-9+. The summed E-state index contributed by atoms with van der Waals surface area (Å²) in [6.45, 7) is 8.02. The maximum Gasteiger partial charge on any atom is 0.252 e. The van der Waals surface area contributed by atoms with Crippen LogP contribution in [0.15, 0.2) is 39.3 Å². The maximum absolute atomic E-state index is 11.2. The van der Waals surface area contributed by atoms with E-state index in [2.05, 4.69) is 47.3 Å². The van der Waals surface area contributed by atoms with Crippen molar-refractivity contribution in [3.8, 4) is 0 Å². The van der Waals surface area contributed by atoms with Crippen LogP contribution >= 0.6 is 0 Å². The van der Waals surface area contributed by atoms with Crippen molar-refractivity contribution in [2.45, 2.75) is 40.5 Å². The molecular weight excluding hydrogens is 252 g/mol. The molecule has 0 amide bonds. The molecule has 1 aromatic rings. The van der Waals surface area contributed by atoms with Crippen LogP contribution in [-0.2, 0) is 0 Å². The van der Waals surface area contributed by atoms with E-state index in [0.29, 0.717) is 11.6 Å². The summed E-state index contributed by atoms with van der Waals surface area (Å²) in [6, 6.07) is 1.43. The molecular formula is C15H22N4O. The highest BCUT2D eigenvalue weighted by atomic mass is 16.1. The Bertz CT molecular complexity index is 578. The number of allylic oxidation sites excluding steroid dienone is 4. The van der Waals surface area contributed by atoms with Crippen LogP contribution in [0.1, 0.15) is 39.3 Å². The molecule has 20 heavy (non-hydrogen) atoms. The maximum atomic E-state index is 11.2. The van der Waals surface area contributed by atoms with Gasteiger partial charge in [-0.1, -0.05) is 17.2 Å². The van der Waals surface area contributed by atoms with Gasteiger partial charge in [-0.2, -0.15) is 5.10 Å². The van der Waals surface area contributed by atoms with Crippen LogP contribution < -0.4 is 11.0 Å². The number of hydrogen-bond acceptors (Lipinski definition) is 4. The van der Waals surface area contributed by atoms with Crippen molar-refractivity contribution >= 4 is 12.2 Å². The van der Waals surface area contributed by atoms with Crippen molar-refractivity contribution in [3.05, 3.63) is 45.4 Å². The summed E-state index contributed by atoms with van der Waals surface area (Å²) in [5, 5.41) is 4.01. The zero-order valence-electron chi connectivity index (χ0n) is 12.5. The lowest BCUT2D eigenvalue weighted by Gasteiger charge is -1.99. The Morgan fingerprint density at radius 2 is 2.20 bits per heavy atom. The Labute approximate surface area is 119 Å². The van der Waals surface area contributed by atoms with Gasteiger partial charge in [-0.05, 0) is 46.6 Å². The molecule has 1 heterocycles. The highest BCUT2D eigenvalue weighted by Crippen LogP contribution is 2.05. The molecule has 5 nitrogen and oxygen atoms in total. The molecule has 0 fully saturated rings. The van der Waals surface area contributed by atoms with Gasteiger partial charge in [0.05, 0.1) is 0 Å². The van der Waals surface area contributed by atoms with E-state index in [4.69, 9.17) is 0 Å². The zero-order chi connectivity index (χ0) is 15.0. The van der Waals surface area contributed by atoms with Crippen molar-refractivity contribution in [3.63, 3.8) is 0 Å². The second-order valence-electron chi connectivity index (χ2n) is 4.96. The fourth-order valence-electron chi connectivity index (χ4n) is 1.57. The molecule has 1 aromatic heterocycles. The number of nitrogens with one attached hydrogen (secondary N) is 2. The Morgan fingerprint density at radius 3 is 2.85 bits per heavy atom. The highest BCUT2D eigenvalue weighted by molar-refractivity contribution is 5.72. The van der Waals surface area contributed by atoms with Crippen LogP contribution in [0.5, 0.6) is 0 Å². The Kier molecular flexibility index (Phi) is 6.43. The number of aryl methyl sites for hydroxylation is 1. The molecule has 0 spiro atoms. The van der Waals surface area contributed by atoms with Gasteiger partial charge >= 0.3 is 0 Å².